The molecular formula is C13H20N2. The molecule has 1 aliphatic rings. The molecule has 0 aliphatic carbocycles. The first kappa shape index (κ1) is 10.7. The maximum Gasteiger partial charge on any atom is 0.0279 e. The Morgan fingerprint density at radius 1 is 1.27 bits per heavy atom. The summed E-state index contributed by atoms with van der Waals surface area (Å²) in [6.07, 6.45) is 1.15. The molecule has 0 atom stereocenters. The summed E-state index contributed by atoms with van der Waals surface area (Å²) in [7, 11) is 0. The van der Waals surface area contributed by atoms with Crippen molar-refractivity contribution in [3.05, 3.63) is 35.4 Å². The van der Waals surface area contributed by atoms with E-state index in [0.29, 0.717) is 0 Å². The Balaban J connectivity index is 2.19. The largest absolute Gasteiger partial charge is 0.329 e. The highest BCUT2D eigenvalue weighted by molar-refractivity contribution is 5.29. The summed E-state index contributed by atoms with van der Waals surface area (Å²) in [6.45, 7) is 7.33. The number of hydrogen-bond acceptors (Lipinski definition) is 2. The van der Waals surface area contributed by atoms with E-state index in [9.17, 15) is 0 Å². The zero-order valence-corrected chi connectivity index (χ0v) is 9.66. The molecular weight excluding hydrogens is 184 g/mol. The predicted octanol–water partition coefficient (Wildman–Crippen LogP) is 1.78. The molecule has 2 heteroatoms. The first-order chi connectivity index (χ1) is 7.13. The number of nitrogens with zero attached hydrogens (tertiary/aromatic N) is 1. The third-order valence-electron chi connectivity index (χ3n) is 3.49. The number of fused-ring (bicyclic) bond motifs is 1. The van der Waals surface area contributed by atoms with Gasteiger partial charge in [-0.25, -0.2) is 0 Å². The van der Waals surface area contributed by atoms with Gasteiger partial charge in [-0.1, -0.05) is 24.3 Å². The van der Waals surface area contributed by atoms with Gasteiger partial charge >= 0.3 is 0 Å². The van der Waals surface area contributed by atoms with Crippen LogP contribution in [0.4, 0.5) is 0 Å². The molecule has 0 amide bonds. The molecule has 0 unspecified atom stereocenters. The minimum Gasteiger partial charge on any atom is -0.329 e. The van der Waals surface area contributed by atoms with E-state index in [2.05, 4.69) is 43.0 Å². The first-order valence-corrected chi connectivity index (χ1v) is 5.65. The number of hydrogen-bond donors (Lipinski definition) is 1. The average molecular weight is 204 g/mol. The molecule has 2 rings (SSSR count). The van der Waals surface area contributed by atoms with Crippen molar-refractivity contribution in [2.75, 3.05) is 13.1 Å². The van der Waals surface area contributed by atoms with E-state index < -0.39 is 0 Å². The SMILES string of the molecule is CC(C)(CN)N1CCc2ccccc2C1. The van der Waals surface area contributed by atoms with Crippen molar-refractivity contribution in [2.24, 2.45) is 5.73 Å². The highest BCUT2D eigenvalue weighted by Crippen LogP contribution is 2.24. The lowest BCUT2D eigenvalue weighted by atomic mass is 9.94. The summed E-state index contributed by atoms with van der Waals surface area (Å²) < 4.78 is 0. The molecule has 82 valence electrons. The maximum atomic E-state index is 5.82. The van der Waals surface area contributed by atoms with Crippen LogP contribution < -0.4 is 5.73 Å². The molecule has 0 saturated heterocycles. The van der Waals surface area contributed by atoms with Crippen molar-refractivity contribution in [1.29, 1.82) is 0 Å². The Hall–Kier alpha value is -0.860. The Bertz CT molecular complexity index is 344. The van der Waals surface area contributed by atoms with E-state index in [4.69, 9.17) is 5.73 Å². The molecule has 0 radical (unpaired) electrons. The third kappa shape index (κ3) is 2.06. The van der Waals surface area contributed by atoms with Gasteiger partial charge in [-0.3, -0.25) is 4.90 Å². The van der Waals surface area contributed by atoms with Gasteiger partial charge in [-0.05, 0) is 31.4 Å². The van der Waals surface area contributed by atoms with Crippen LogP contribution in [0.5, 0.6) is 0 Å². The molecule has 2 nitrogen and oxygen atoms in total. The van der Waals surface area contributed by atoms with Gasteiger partial charge < -0.3 is 5.73 Å². The zero-order valence-electron chi connectivity index (χ0n) is 9.66. The van der Waals surface area contributed by atoms with Gasteiger partial charge in [-0.15, -0.1) is 0 Å². The van der Waals surface area contributed by atoms with E-state index in [1.54, 1.807) is 0 Å². The highest BCUT2D eigenvalue weighted by Gasteiger charge is 2.27. The monoisotopic (exact) mass is 204 g/mol. The minimum absolute atomic E-state index is 0.119. The summed E-state index contributed by atoms with van der Waals surface area (Å²) in [6, 6.07) is 8.72. The number of nitrogens with two attached hydrogens (primary N) is 1. The van der Waals surface area contributed by atoms with Gasteiger partial charge in [-0.2, -0.15) is 0 Å². The van der Waals surface area contributed by atoms with Gasteiger partial charge in [0.05, 0.1) is 0 Å². The summed E-state index contributed by atoms with van der Waals surface area (Å²) in [4.78, 5) is 2.48. The molecule has 1 heterocycles. The van der Waals surface area contributed by atoms with Crippen molar-refractivity contribution in [2.45, 2.75) is 32.4 Å². The van der Waals surface area contributed by atoms with Gasteiger partial charge in [0.2, 0.25) is 0 Å². The van der Waals surface area contributed by atoms with E-state index in [-0.39, 0.29) is 5.54 Å². The standard InChI is InChI=1S/C13H20N2/c1-13(2,10-14)15-8-7-11-5-3-4-6-12(11)9-15/h3-6H,7-10,14H2,1-2H3. The second-order valence-electron chi connectivity index (χ2n) is 4.96. The molecule has 1 aromatic rings. The Labute approximate surface area is 92.1 Å². The summed E-state index contributed by atoms with van der Waals surface area (Å²) in [5, 5.41) is 0. The van der Waals surface area contributed by atoms with Crippen molar-refractivity contribution in [1.82, 2.24) is 4.90 Å². The number of benzene rings is 1. The fraction of sp³-hybridized carbons (Fsp3) is 0.538. The fourth-order valence-electron chi connectivity index (χ4n) is 2.14. The van der Waals surface area contributed by atoms with Crippen molar-refractivity contribution < 1.29 is 0 Å². The van der Waals surface area contributed by atoms with E-state index in [0.717, 1.165) is 26.1 Å². The highest BCUT2D eigenvalue weighted by atomic mass is 15.2. The van der Waals surface area contributed by atoms with Crippen molar-refractivity contribution in [3.8, 4) is 0 Å². The van der Waals surface area contributed by atoms with Crippen LogP contribution in [0.1, 0.15) is 25.0 Å². The zero-order chi connectivity index (χ0) is 10.9. The minimum atomic E-state index is 0.119. The normalized spacial score (nSPS) is 17.5. The molecule has 2 N–H and O–H groups in total. The smallest absolute Gasteiger partial charge is 0.0279 e. The summed E-state index contributed by atoms with van der Waals surface area (Å²) in [5.74, 6) is 0. The molecule has 0 fully saturated rings. The lowest BCUT2D eigenvalue weighted by Crippen LogP contribution is -2.51. The van der Waals surface area contributed by atoms with E-state index >= 15 is 0 Å². The molecule has 0 spiro atoms. The van der Waals surface area contributed by atoms with Crippen LogP contribution in [0, 0.1) is 0 Å². The van der Waals surface area contributed by atoms with Gasteiger partial charge in [0.25, 0.3) is 0 Å². The topological polar surface area (TPSA) is 29.3 Å². The second-order valence-corrected chi connectivity index (χ2v) is 4.96. The van der Waals surface area contributed by atoms with Crippen molar-refractivity contribution in [3.63, 3.8) is 0 Å². The lowest BCUT2D eigenvalue weighted by molar-refractivity contribution is 0.111. The molecule has 0 bridgehead atoms. The molecule has 1 aliphatic heterocycles. The van der Waals surface area contributed by atoms with Crippen LogP contribution in [0.25, 0.3) is 0 Å². The third-order valence-corrected chi connectivity index (χ3v) is 3.49. The quantitative estimate of drug-likeness (QED) is 0.795. The van der Waals surface area contributed by atoms with E-state index in [1.807, 2.05) is 0 Å². The molecule has 0 aromatic heterocycles. The van der Waals surface area contributed by atoms with E-state index in [1.165, 1.54) is 11.1 Å². The van der Waals surface area contributed by atoms with Crippen LogP contribution in [0.2, 0.25) is 0 Å². The predicted molar refractivity (Wildman–Crippen MR) is 63.7 cm³/mol. The average Bonchev–Trinajstić information content (AvgIpc) is 2.28. The Morgan fingerprint density at radius 3 is 2.60 bits per heavy atom. The van der Waals surface area contributed by atoms with Crippen LogP contribution in [0.3, 0.4) is 0 Å². The van der Waals surface area contributed by atoms with Crippen LogP contribution >= 0.6 is 0 Å². The van der Waals surface area contributed by atoms with Gasteiger partial charge in [0, 0.05) is 25.2 Å². The maximum absolute atomic E-state index is 5.82. The molecule has 0 saturated carbocycles. The van der Waals surface area contributed by atoms with Gasteiger partial charge in [0.15, 0.2) is 0 Å². The lowest BCUT2D eigenvalue weighted by Gasteiger charge is -2.40. The Morgan fingerprint density at radius 2 is 1.93 bits per heavy atom. The van der Waals surface area contributed by atoms with Gasteiger partial charge in [0.1, 0.15) is 0 Å². The first-order valence-electron chi connectivity index (χ1n) is 5.65. The fourth-order valence-corrected chi connectivity index (χ4v) is 2.14. The summed E-state index contributed by atoms with van der Waals surface area (Å²) in [5.41, 5.74) is 8.90. The summed E-state index contributed by atoms with van der Waals surface area (Å²) >= 11 is 0. The second kappa shape index (κ2) is 3.95. The van der Waals surface area contributed by atoms with Crippen LogP contribution in [0.15, 0.2) is 24.3 Å². The van der Waals surface area contributed by atoms with Crippen LogP contribution in [-0.4, -0.2) is 23.5 Å². The van der Waals surface area contributed by atoms with Crippen LogP contribution in [-0.2, 0) is 13.0 Å². The van der Waals surface area contributed by atoms with Crippen molar-refractivity contribution >= 4 is 0 Å². The Kier molecular flexibility index (Phi) is 2.81. The molecule has 1 aromatic carbocycles. The molecule has 15 heavy (non-hydrogen) atoms. The number of rotatable bonds is 2.